The van der Waals surface area contributed by atoms with Crippen LogP contribution < -0.4 is 15.5 Å². The molecule has 1 fully saturated rings. The highest BCUT2D eigenvalue weighted by Gasteiger charge is 2.36. The van der Waals surface area contributed by atoms with E-state index in [1.807, 2.05) is 0 Å². The second-order valence-corrected chi connectivity index (χ2v) is 7.75. The Kier molecular flexibility index (Phi) is 5.46. The van der Waals surface area contributed by atoms with Crippen molar-refractivity contribution in [2.24, 2.45) is 0 Å². The maximum Gasteiger partial charge on any atom is 0.338 e. The molecule has 0 aromatic heterocycles. The van der Waals surface area contributed by atoms with E-state index in [4.69, 9.17) is 4.74 Å². The molecular formula is C23H23N3O5. The molecule has 0 aliphatic carbocycles. The minimum atomic E-state index is -1.05. The quantitative estimate of drug-likeness (QED) is 0.568. The van der Waals surface area contributed by atoms with Gasteiger partial charge in [-0.15, -0.1) is 0 Å². The van der Waals surface area contributed by atoms with Crippen LogP contribution in [0.5, 0.6) is 0 Å². The molecule has 2 heterocycles. The van der Waals surface area contributed by atoms with Gasteiger partial charge in [-0.3, -0.25) is 14.4 Å². The van der Waals surface area contributed by atoms with Crippen LogP contribution in [0.1, 0.15) is 47.4 Å². The van der Waals surface area contributed by atoms with Crippen molar-refractivity contribution < 1.29 is 23.9 Å². The molecule has 160 valence electrons. The Balaban J connectivity index is 1.43. The largest absolute Gasteiger partial charge is 0.449 e. The van der Waals surface area contributed by atoms with Crippen LogP contribution in [-0.4, -0.2) is 42.3 Å². The van der Waals surface area contributed by atoms with Gasteiger partial charge in [-0.05, 0) is 57.0 Å². The molecule has 0 bridgehead atoms. The number of fused-ring (bicyclic) bond motifs is 3. The molecule has 2 amide bonds. The first-order chi connectivity index (χ1) is 14.8. The van der Waals surface area contributed by atoms with Crippen LogP contribution in [0.3, 0.4) is 0 Å². The van der Waals surface area contributed by atoms with E-state index in [-0.39, 0.29) is 23.3 Å². The summed E-state index contributed by atoms with van der Waals surface area (Å²) in [6, 6.07) is 11.4. The van der Waals surface area contributed by atoms with E-state index in [0.29, 0.717) is 16.9 Å². The minimum Gasteiger partial charge on any atom is -0.449 e. The van der Waals surface area contributed by atoms with Gasteiger partial charge in [-0.2, -0.15) is 0 Å². The topological polar surface area (TPSA) is 105 Å². The highest BCUT2D eigenvalue weighted by Crippen LogP contribution is 2.37. The number of rotatable bonds is 5. The van der Waals surface area contributed by atoms with Gasteiger partial charge in [-0.1, -0.05) is 12.1 Å². The zero-order valence-corrected chi connectivity index (χ0v) is 17.3. The van der Waals surface area contributed by atoms with Crippen molar-refractivity contribution in [3.8, 4) is 0 Å². The molecule has 0 radical (unpaired) electrons. The molecule has 31 heavy (non-hydrogen) atoms. The van der Waals surface area contributed by atoms with Gasteiger partial charge >= 0.3 is 5.97 Å². The van der Waals surface area contributed by atoms with Crippen molar-refractivity contribution in [1.82, 2.24) is 0 Å². The molecule has 0 unspecified atom stereocenters. The van der Waals surface area contributed by atoms with Crippen LogP contribution in [0.25, 0.3) is 0 Å². The maximum absolute atomic E-state index is 12.6. The van der Waals surface area contributed by atoms with Crippen LogP contribution >= 0.6 is 0 Å². The van der Waals surface area contributed by atoms with Crippen molar-refractivity contribution >= 4 is 40.6 Å². The van der Waals surface area contributed by atoms with E-state index < -0.39 is 18.0 Å². The summed E-state index contributed by atoms with van der Waals surface area (Å²) >= 11 is 0. The normalized spacial score (nSPS) is 17.8. The van der Waals surface area contributed by atoms with Crippen LogP contribution in [0.15, 0.2) is 42.5 Å². The van der Waals surface area contributed by atoms with Gasteiger partial charge in [-0.25, -0.2) is 4.79 Å². The van der Waals surface area contributed by atoms with Crippen LogP contribution in [0, 0.1) is 0 Å². The number of Topliss-reactive ketones (excluding diaryl/α,β-unsaturated/α-hetero) is 1. The van der Waals surface area contributed by atoms with Crippen LogP contribution in [-0.2, 0) is 14.3 Å². The lowest BCUT2D eigenvalue weighted by atomic mass is 10.1. The summed E-state index contributed by atoms with van der Waals surface area (Å²) in [6.07, 6.45) is 0.711. The highest BCUT2D eigenvalue weighted by atomic mass is 16.5. The summed E-state index contributed by atoms with van der Waals surface area (Å²) in [5.74, 6) is -1.37. The number of benzene rings is 2. The van der Waals surface area contributed by atoms with E-state index in [1.165, 1.54) is 13.8 Å². The Hall–Kier alpha value is -3.68. The first-order valence-corrected chi connectivity index (χ1v) is 10.2. The van der Waals surface area contributed by atoms with Gasteiger partial charge in [0.1, 0.15) is 6.04 Å². The Labute approximate surface area is 179 Å². The summed E-state index contributed by atoms with van der Waals surface area (Å²) in [7, 11) is 0. The van der Waals surface area contributed by atoms with E-state index in [2.05, 4.69) is 15.5 Å². The Morgan fingerprint density at radius 3 is 2.74 bits per heavy atom. The average Bonchev–Trinajstić information content (AvgIpc) is 3.24. The summed E-state index contributed by atoms with van der Waals surface area (Å²) in [6.45, 7) is 3.71. The fourth-order valence-corrected chi connectivity index (χ4v) is 3.90. The fourth-order valence-electron chi connectivity index (χ4n) is 3.90. The standard InChI is InChI=1S/C23H23N3O5/c1-13(27)15-5-3-6-17(11-15)24-21(28)14(2)31-23(30)16-8-9-19-18(12-16)25-22(29)20-7-4-10-26(19)20/h3,5-6,8-9,11-12,14,20H,4,7,10H2,1-2H3,(H,24,28)(H,25,29)/t14-,20+/m1/s1. The van der Waals surface area contributed by atoms with Gasteiger partial charge in [0.15, 0.2) is 11.9 Å². The molecule has 2 aliphatic rings. The Bertz CT molecular complexity index is 1080. The lowest BCUT2D eigenvalue weighted by Crippen LogP contribution is -2.43. The molecule has 8 heteroatoms. The van der Waals surface area contributed by atoms with Crippen molar-refractivity contribution in [2.75, 3.05) is 22.1 Å². The van der Waals surface area contributed by atoms with Gasteiger partial charge in [0.2, 0.25) is 5.91 Å². The number of nitrogens with one attached hydrogen (secondary N) is 2. The Morgan fingerprint density at radius 1 is 1.16 bits per heavy atom. The van der Waals surface area contributed by atoms with Crippen molar-refractivity contribution in [3.05, 3.63) is 53.6 Å². The zero-order chi connectivity index (χ0) is 22.1. The first-order valence-electron chi connectivity index (χ1n) is 10.2. The third-order valence-electron chi connectivity index (χ3n) is 5.54. The number of nitrogens with zero attached hydrogens (tertiary/aromatic N) is 1. The number of amides is 2. The van der Waals surface area contributed by atoms with Crippen LogP contribution in [0.2, 0.25) is 0 Å². The SMILES string of the molecule is CC(=O)c1cccc(NC(=O)[C@@H](C)OC(=O)c2ccc3c(c2)NC(=O)[C@@H]2CCCN32)c1. The molecule has 0 spiro atoms. The smallest absolute Gasteiger partial charge is 0.338 e. The molecule has 8 nitrogen and oxygen atoms in total. The number of carbonyl (C=O) groups is 4. The first kappa shape index (κ1) is 20.6. The lowest BCUT2D eigenvalue weighted by molar-refractivity contribution is -0.123. The number of anilines is 3. The number of ketones is 1. The van der Waals surface area contributed by atoms with E-state index in [9.17, 15) is 19.2 Å². The van der Waals surface area contributed by atoms with E-state index in [0.717, 1.165) is 25.1 Å². The van der Waals surface area contributed by atoms with Gasteiger partial charge < -0.3 is 20.3 Å². The number of ether oxygens (including phenoxy) is 1. The summed E-state index contributed by atoms with van der Waals surface area (Å²) in [5, 5.41) is 5.50. The van der Waals surface area contributed by atoms with E-state index in [1.54, 1.807) is 42.5 Å². The van der Waals surface area contributed by atoms with Gasteiger partial charge in [0.05, 0.1) is 16.9 Å². The monoisotopic (exact) mass is 421 g/mol. The molecular weight excluding hydrogens is 398 g/mol. The van der Waals surface area contributed by atoms with Gasteiger partial charge in [0, 0.05) is 17.8 Å². The van der Waals surface area contributed by atoms with Crippen molar-refractivity contribution in [1.29, 1.82) is 0 Å². The zero-order valence-electron chi connectivity index (χ0n) is 17.3. The average molecular weight is 421 g/mol. The molecule has 2 aliphatic heterocycles. The number of esters is 1. The third kappa shape index (κ3) is 4.14. The summed E-state index contributed by atoms with van der Waals surface area (Å²) in [5.41, 5.74) is 2.61. The summed E-state index contributed by atoms with van der Waals surface area (Å²) < 4.78 is 5.31. The van der Waals surface area contributed by atoms with Crippen molar-refractivity contribution in [3.63, 3.8) is 0 Å². The van der Waals surface area contributed by atoms with E-state index >= 15 is 0 Å². The third-order valence-corrected chi connectivity index (χ3v) is 5.54. The number of hydrogen-bond donors (Lipinski definition) is 2. The Morgan fingerprint density at radius 2 is 1.97 bits per heavy atom. The fraction of sp³-hybridized carbons (Fsp3) is 0.304. The molecule has 2 aromatic rings. The number of carbonyl (C=O) groups excluding carboxylic acids is 4. The highest BCUT2D eigenvalue weighted by molar-refractivity contribution is 6.06. The molecule has 0 saturated carbocycles. The second kappa shape index (κ2) is 8.22. The van der Waals surface area contributed by atoms with Crippen LogP contribution in [0.4, 0.5) is 17.1 Å². The maximum atomic E-state index is 12.6. The molecule has 1 saturated heterocycles. The van der Waals surface area contributed by atoms with Gasteiger partial charge in [0.25, 0.3) is 5.91 Å². The second-order valence-electron chi connectivity index (χ2n) is 7.75. The minimum absolute atomic E-state index is 0.0731. The predicted molar refractivity (Wildman–Crippen MR) is 115 cm³/mol. The molecule has 4 rings (SSSR count). The molecule has 2 N–H and O–H groups in total. The van der Waals surface area contributed by atoms with Crippen molar-refractivity contribution in [2.45, 2.75) is 38.8 Å². The molecule has 2 aromatic carbocycles. The lowest BCUT2D eigenvalue weighted by Gasteiger charge is -2.33. The summed E-state index contributed by atoms with van der Waals surface area (Å²) in [4.78, 5) is 50.8. The number of hydrogen-bond acceptors (Lipinski definition) is 6. The molecule has 2 atom stereocenters. The predicted octanol–water partition coefficient (Wildman–Crippen LogP) is 2.99.